The van der Waals surface area contributed by atoms with Gasteiger partial charge < -0.3 is 89.4 Å². The quantitative estimate of drug-likeness (QED) is 0.109. The first kappa shape index (κ1) is 38.9. The number of hydrogen-bond donors (Lipinski definition) is 12. The van der Waals surface area contributed by atoms with E-state index in [0.29, 0.717) is 0 Å². The molecule has 6 rings (SSSR count). The molecule has 15 atom stereocenters. The van der Waals surface area contributed by atoms with E-state index in [4.69, 9.17) is 28.1 Å². The average Bonchev–Trinajstić information content (AvgIpc) is 3.11. The lowest BCUT2D eigenvalue weighted by atomic mass is 9.82. The fraction of sp³-hybridized carbons (Fsp3) is 0.559. The summed E-state index contributed by atoms with van der Waals surface area (Å²) in [5.41, 5.74) is -1.49. The molecule has 2 aliphatic heterocycles. The van der Waals surface area contributed by atoms with Crippen LogP contribution in [0.3, 0.4) is 0 Å². The second-order valence-corrected chi connectivity index (χ2v) is 13.6. The maximum Gasteiger partial charge on any atom is 0.239 e. The molecule has 0 amide bonds. The number of phenolic OH excluding ortho intramolecular Hbond substituents is 4. The van der Waals surface area contributed by atoms with Gasteiger partial charge in [0.25, 0.3) is 0 Å². The maximum absolute atomic E-state index is 14.1. The van der Waals surface area contributed by atoms with E-state index in [2.05, 4.69) is 0 Å². The SMILES string of the molecule is C[C@H]1C[C@@H](OC[C@@H]2O[C@@H](Oc3c(-c4ccc(O)c(O)c4)oc4cc(O)cc(O)c4c3=O)[C@H](O[C@@H]3O[C@H](C)[C@@H](O)[C@H](O)[C@@H]3O)[C@@H](O)[C@H]2O)[C@H](O)[C@H](O)[C@H]1O. The standard InChI is InChI=1S/C34H42O19/c1-10-5-18(23(41)26(44)21(10)39)48-9-19-24(42)28(46)32(53-33-29(47)27(45)22(40)11(2)49-33)34(51-19)52-31-25(43)20-16(38)7-13(35)8-17(20)50-30(31)12-3-4-14(36)15(37)6-12/h3-4,6-8,10-11,18-19,21-24,26-29,32-42,44-47H,5,9H2,1-2H3/t10-,11+,18+,19-,21-,22+,23-,24-,26+,27-,28-,29-,32+,33-,34-/m0/s1. The molecule has 19 heteroatoms. The third-order valence-corrected chi connectivity index (χ3v) is 9.88. The van der Waals surface area contributed by atoms with Crippen molar-refractivity contribution >= 4 is 11.0 Å². The molecular formula is C34H42O19. The van der Waals surface area contributed by atoms with Gasteiger partial charge in [-0.3, -0.25) is 4.79 Å². The molecule has 292 valence electrons. The number of aromatic hydroxyl groups is 4. The first-order valence-corrected chi connectivity index (χ1v) is 16.7. The molecule has 12 N–H and O–H groups in total. The number of rotatable bonds is 8. The fourth-order valence-electron chi connectivity index (χ4n) is 6.70. The van der Waals surface area contributed by atoms with Gasteiger partial charge in [0.05, 0.1) is 24.9 Å². The molecule has 0 radical (unpaired) electrons. The van der Waals surface area contributed by atoms with Crippen molar-refractivity contribution in [2.45, 2.75) is 106 Å². The third-order valence-electron chi connectivity index (χ3n) is 9.88. The Labute approximate surface area is 299 Å². The molecule has 3 fully saturated rings. The van der Waals surface area contributed by atoms with E-state index in [1.54, 1.807) is 6.92 Å². The zero-order chi connectivity index (χ0) is 38.6. The van der Waals surface area contributed by atoms with Gasteiger partial charge in [0.2, 0.25) is 17.5 Å². The lowest BCUT2D eigenvalue weighted by molar-refractivity contribution is -0.356. The predicted octanol–water partition coefficient (Wildman–Crippen LogP) is -2.17. The molecule has 2 aromatic carbocycles. The summed E-state index contributed by atoms with van der Waals surface area (Å²) in [6, 6.07) is 5.16. The van der Waals surface area contributed by atoms with Crippen molar-refractivity contribution in [2.24, 2.45) is 5.92 Å². The predicted molar refractivity (Wildman–Crippen MR) is 175 cm³/mol. The normalized spacial score (nSPS) is 37.8. The Kier molecular flexibility index (Phi) is 11.1. The average molecular weight is 755 g/mol. The van der Waals surface area contributed by atoms with Crippen LogP contribution in [0.25, 0.3) is 22.3 Å². The molecule has 3 heterocycles. The summed E-state index contributed by atoms with van der Waals surface area (Å²) >= 11 is 0. The maximum atomic E-state index is 14.1. The second-order valence-electron chi connectivity index (χ2n) is 13.6. The van der Waals surface area contributed by atoms with Crippen molar-refractivity contribution < 1.29 is 89.4 Å². The Morgan fingerprint density at radius 3 is 2.11 bits per heavy atom. The topological polar surface area (TPSA) is 319 Å². The zero-order valence-corrected chi connectivity index (χ0v) is 28.2. The van der Waals surface area contributed by atoms with E-state index in [9.17, 15) is 66.1 Å². The van der Waals surface area contributed by atoms with Crippen LogP contribution in [0, 0.1) is 5.92 Å². The Morgan fingerprint density at radius 2 is 1.42 bits per heavy atom. The highest BCUT2D eigenvalue weighted by Gasteiger charge is 2.52. The molecule has 1 saturated carbocycles. The highest BCUT2D eigenvalue weighted by Crippen LogP contribution is 2.40. The Balaban J connectivity index is 1.40. The Hall–Kier alpha value is -3.83. The number of fused-ring (bicyclic) bond motifs is 1. The van der Waals surface area contributed by atoms with Crippen LogP contribution in [-0.4, -0.2) is 154 Å². The zero-order valence-electron chi connectivity index (χ0n) is 28.2. The van der Waals surface area contributed by atoms with Gasteiger partial charge in [0, 0.05) is 17.7 Å². The van der Waals surface area contributed by atoms with Gasteiger partial charge in [-0.15, -0.1) is 0 Å². The summed E-state index contributed by atoms with van der Waals surface area (Å²) in [6.45, 7) is 2.41. The molecule has 1 aromatic heterocycles. The van der Waals surface area contributed by atoms with Gasteiger partial charge in [0.1, 0.15) is 71.3 Å². The minimum atomic E-state index is -2.00. The van der Waals surface area contributed by atoms with Gasteiger partial charge in [-0.2, -0.15) is 0 Å². The fourth-order valence-corrected chi connectivity index (χ4v) is 6.70. The van der Waals surface area contributed by atoms with Gasteiger partial charge >= 0.3 is 0 Å². The monoisotopic (exact) mass is 754 g/mol. The van der Waals surface area contributed by atoms with Crippen LogP contribution >= 0.6 is 0 Å². The van der Waals surface area contributed by atoms with E-state index in [1.807, 2.05) is 0 Å². The lowest BCUT2D eigenvalue weighted by Gasteiger charge is -2.46. The first-order chi connectivity index (χ1) is 25.0. The highest BCUT2D eigenvalue weighted by atomic mass is 16.8. The van der Waals surface area contributed by atoms with Crippen LogP contribution in [0.15, 0.2) is 39.5 Å². The van der Waals surface area contributed by atoms with Crippen LogP contribution in [0.5, 0.6) is 28.7 Å². The van der Waals surface area contributed by atoms with Crippen LogP contribution in [0.4, 0.5) is 0 Å². The van der Waals surface area contributed by atoms with E-state index >= 15 is 0 Å². The van der Waals surface area contributed by atoms with Crippen molar-refractivity contribution in [2.75, 3.05) is 6.61 Å². The molecule has 53 heavy (non-hydrogen) atoms. The summed E-state index contributed by atoms with van der Waals surface area (Å²) in [5.74, 6) is -4.09. The van der Waals surface area contributed by atoms with Gasteiger partial charge in [-0.25, -0.2) is 0 Å². The molecular weight excluding hydrogens is 712 g/mol. The number of hydrogen-bond acceptors (Lipinski definition) is 19. The van der Waals surface area contributed by atoms with Gasteiger partial charge in [-0.05, 0) is 37.5 Å². The van der Waals surface area contributed by atoms with Crippen molar-refractivity contribution in [1.29, 1.82) is 0 Å². The largest absolute Gasteiger partial charge is 0.508 e. The number of aliphatic hydroxyl groups excluding tert-OH is 8. The van der Waals surface area contributed by atoms with Crippen LogP contribution in [0.2, 0.25) is 0 Å². The summed E-state index contributed by atoms with van der Waals surface area (Å²) < 4.78 is 35.0. The minimum Gasteiger partial charge on any atom is -0.508 e. The number of phenols is 4. The summed E-state index contributed by atoms with van der Waals surface area (Å²) in [6.07, 6.45) is -22.7. The molecule has 0 bridgehead atoms. The third kappa shape index (κ3) is 7.35. The molecule has 0 unspecified atom stereocenters. The Morgan fingerprint density at radius 1 is 0.717 bits per heavy atom. The molecule has 1 aliphatic carbocycles. The van der Waals surface area contributed by atoms with Crippen LogP contribution < -0.4 is 10.2 Å². The molecule has 0 spiro atoms. The minimum absolute atomic E-state index is 0.0796. The van der Waals surface area contributed by atoms with Crippen molar-refractivity contribution in [3.63, 3.8) is 0 Å². The van der Waals surface area contributed by atoms with E-state index in [0.717, 1.165) is 24.3 Å². The summed E-state index contributed by atoms with van der Waals surface area (Å²) in [5, 5.41) is 125. The Bertz CT molecular complexity index is 1830. The first-order valence-electron chi connectivity index (χ1n) is 16.7. The summed E-state index contributed by atoms with van der Waals surface area (Å²) in [4.78, 5) is 14.1. The van der Waals surface area contributed by atoms with Gasteiger partial charge in [0.15, 0.2) is 29.7 Å². The lowest BCUT2D eigenvalue weighted by Crippen LogP contribution is -2.65. The van der Waals surface area contributed by atoms with Crippen molar-refractivity contribution in [1.82, 2.24) is 0 Å². The van der Waals surface area contributed by atoms with E-state index in [-0.39, 0.29) is 17.6 Å². The van der Waals surface area contributed by atoms with Crippen LogP contribution in [0.1, 0.15) is 20.3 Å². The van der Waals surface area contributed by atoms with Gasteiger partial charge in [-0.1, -0.05) is 6.92 Å². The molecule has 3 aliphatic rings. The number of ether oxygens (including phenoxy) is 5. The molecule has 19 nitrogen and oxygen atoms in total. The van der Waals surface area contributed by atoms with E-state index < -0.39 is 144 Å². The number of aliphatic hydroxyl groups is 8. The summed E-state index contributed by atoms with van der Waals surface area (Å²) in [7, 11) is 0. The van der Waals surface area contributed by atoms with Crippen LogP contribution in [-0.2, 0) is 18.9 Å². The van der Waals surface area contributed by atoms with Crippen molar-refractivity contribution in [3.8, 4) is 40.1 Å². The second kappa shape index (κ2) is 15.1. The molecule has 2 saturated heterocycles. The molecule has 3 aromatic rings. The number of benzene rings is 2. The highest BCUT2D eigenvalue weighted by molar-refractivity contribution is 5.88. The smallest absolute Gasteiger partial charge is 0.239 e. The van der Waals surface area contributed by atoms with Crippen molar-refractivity contribution in [3.05, 3.63) is 40.6 Å². The van der Waals surface area contributed by atoms with E-state index in [1.165, 1.54) is 13.0 Å².